The highest BCUT2D eigenvalue weighted by molar-refractivity contribution is 5.71. The van der Waals surface area contributed by atoms with Crippen LogP contribution in [0.1, 0.15) is 33.1 Å². The van der Waals surface area contributed by atoms with Crippen molar-refractivity contribution >= 4 is 5.97 Å². The molecule has 2 atom stereocenters. The Kier molecular flexibility index (Phi) is 3.72. The zero-order valence-corrected chi connectivity index (χ0v) is 8.45. The van der Waals surface area contributed by atoms with Gasteiger partial charge in [-0.05, 0) is 31.1 Å². The van der Waals surface area contributed by atoms with Gasteiger partial charge in [-0.3, -0.25) is 4.79 Å². The Bertz CT molecular complexity index is 172. The Morgan fingerprint density at radius 2 is 1.85 bits per heavy atom. The summed E-state index contributed by atoms with van der Waals surface area (Å²) in [6.07, 6.45) is 3.35. The van der Waals surface area contributed by atoms with Crippen LogP contribution in [0.2, 0.25) is 0 Å². The van der Waals surface area contributed by atoms with Gasteiger partial charge in [-0.15, -0.1) is 0 Å². The lowest BCUT2D eigenvalue weighted by Crippen LogP contribution is -2.30. The first-order valence-corrected chi connectivity index (χ1v) is 5.01. The van der Waals surface area contributed by atoms with E-state index in [4.69, 9.17) is 10.5 Å². The smallest absolute Gasteiger partial charge is 0.319 e. The second-order valence-electron chi connectivity index (χ2n) is 4.23. The lowest BCUT2D eigenvalue weighted by atomic mass is 9.82. The molecule has 76 valence electrons. The van der Waals surface area contributed by atoms with Crippen molar-refractivity contribution in [2.75, 3.05) is 6.54 Å². The van der Waals surface area contributed by atoms with Crippen LogP contribution in [0.3, 0.4) is 0 Å². The summed E-state index contributed by atoms with van der Waals surface area (Å²) in [5, 5.41) is 0. The molecule has 3 nitrogen and oxygen atoms in total. The van der Waals surface area contributed by atoms with Crippen molar-refractivity contribution < 1.29 is 9.53 Å². The van der Waals surface area contributed by atoms with Gasteiger partial charge < -0.3 is 10.5 Å². The van der Waals surface area contributed by atoms with Crippen molar-refractivity contribution in [3.63, 3.8) is 0 Å². The lowest BCUT2D eigenvalue weighted by molar-refractivity contribution is -0.150. The molecule has 0 aromatic carbocycles. The summed E-state index contributed by atoms with van der Waals surface area (Å²) in [6.45, 7) is 4.41. The van der Waals surface area contributed by atoms with Crippen molar-refractivity contribution in [3.05, 3.63) is 0 Å². The van der Waals surface area contributed by atoms with Gasteiger partial charge in [0, 0.05) is 0 Å². The van der Waals surface area contributed by atoms with Gasteiger partial charge in [0.25, 0.3) is 0 Å². The SMILES string of the molecule is CC1CC(C)CC(OC(=O)CN)C1. The minimum absolute atomic E-state index is 0.000732. The first-order valence-electron chi connectivity index (χ1n) is 5.01. The molecule has 0 spiro atoms. The molecule has 0 bridgehead atoms. The maximum absolute atomic E-state index is 10.9. The van der Waals surface area contributed by atoms with E-state index in [2.05, 4.69) is 13.8 Å². The van der Waals surface area contributed by atoms with E-state index in [0.29, 0.717) is 11.8 Å². The van der Waals surface area contributed by atoms with Crippen LogP contribution in [-0.2, 0) is 9.53 Å². The molecular weight excluding hydrogens is 166 g/mol. The highest BCUT2D eigenvalue weighted by Crippen LogP contribution is 2.30. The number of rotatable bonds is 2. The Morgan fingerprint density at radius 3 is 2.31 bits per heavy atom. The number of carbonyl (C=O) groups is 1. The number of ether oxygens (including phenoxy) is 1. The van der Waals surface area contributed by atoms with E-state index in [-0.39, 0.29) is 18.6 Å². The molecule has 1 fully saturated rings. The predicted molar refractivity (Wildman–Crippen MR) is 51.1 cm³/mol. The summed E-state index contributed by atoms with van der Waals surface area (Å²) >= 11 is 0. The van der Waals surface area contributed by atoms with Crippen LogP contribution in [0.15, 0.2) is 0 Å². The molecule has 1 rings (SSSR count). The maximum Gasteiger partial charge on any atom is 0.319 e. The number of esters is 1. The van der Waals surface area contributed by atoms with Crippen molar-refractivity contribution in [1.29, 1.82) is 0 Å². The third kappa shape index (κ3) is 3.35. The third-order valence-electron chi connectivity index (χ3n) is 2.60. The molecule has 1 aliphatic carbocycles. The van der Waals surface area contributed by atoms with Crippen LogP contribution in [-0.4, -0.2) is 18.6 Å². The fourth-order valence-corrected chi connectivity index (χ4v) is 2.20. The molecule has 0 aliphatic heterocycles. The van der Waals surface area contributed by atoms with Crippen LogP contribution in [0, 0.1) is 11.8 Å². The van der Waals surface area contributed by atoms with Crippen LogP contribution >= 0.6 is 0 Å². The van der Waals surface area contributed by atoms with Crippen LogP contribution < -0.4 is 5.73 Å². The van der Waals surface area contributed by atoms with Crippen LogP contribution in [0.5, 0.6) is 0 Å². The molecule has 0 amide bonds. The van der Waals surface area contributed by atoms with Gasteiger partial charge in [0.15, 0.2) is 0 Å². The normalized spacial score (nSPS) is 34.2. The molecule has 3 heteroatoms. The number of carbonyl (C=O) groups excluding carboxylic acids is 1. The van der Waals surface area contributed by atoms with Gasteiger partial charge in [-0.2, -0.15) is 0 Å². The summed E-state index contributed by atoms with van der Waals surface area (Å²) in [5.41, 5.74) is 5.18. The minimum atomic E-state index is -0.272. The van der Waals surface area contributed by atoms with Gasteiger partial charge in [0.05, 0.1) is 6.54 Å². The fourth-order valence-electron chi connectivity index (χ4n) is 2.20. The second kappa shape index (κ2) is 4.61. The van der Waals surface area contributed by atoms with Crippen molar-refractivity contribution in [2.45, 2.75) is 39.2 Å². The monoisotopic (exact) mass is 185 g/mol. The first-order chi connectivity index (χ1) is 6.11. The molecular formula is C10H19NO2. The Morgan fingerprint density at radius 1 is 1.31 bits per heavy atom. The molecule has 2 unspecified atom stereocenters. The standard InChI is InChI=1S/C10H19NO2/c1-7-3-8(2)5-9(4-7)13-10(12)6-11/h7-9H,3-6,11H2,1-2H3. The zero-order valence-electron chi connectivity index (χ0n) is 8.45. The Labute approximate surface area is 79.6 Å². The van der Waals surface area contributed by atoms with E-state index >= 15 is 0 Å². The quantitative estimate of drug-likeness (QED) is 0.660. The average molecular weight is 185 g/mol. The molecule has 13 heavy (non-hydrogen) atoms. The summed E-state index contributed by atoms with van der Waals surface area (Å²) < 4.78 is 5.22. The van der Waals surface area contributed by atoms with Crippen molar-refractivity contribution in [3.8, 4) is 0 Å². The molecule has 0 saturated heterocycles. The summed E-state index contributed by atoms with van der Waals surface area (Å²) in [6, 6.07) is 0. The lowest BCUT2D eigenvalue weighted by Gasteiger charge is -2.30. The summed E-state index contributed by atoms with van der Waals surface area (Å²) in [7, 11) is 0. The number of hydrogen-bond donors (Lipinski definition) is 1. The zero-order chi connectivity index (χ0) is 9.84. The van der Waals surface area contributed by atoms with Gasteiger partial charge in [0.2, 0.25) is 0 Å². The largest absolute Gasteiger partial charge is 0.461 e. The topological polar surface area (TPSA) is 52.3 Å². The van der Waals surface area contributed by atoms with Gasteiger partial charge >= 0.3 is 5.97 Å². The third-order valence-corrected chi connectivity index (χ3v) is 2.60. The van der Waals surface area contributed by atoms with E-state index in [9.17, 15) is 4.79 Å². The van der Waals surface area contributed by atoms with Crippen LogP contribution in [0.25, 0.3) is 0 Å². The van der Waals surface area contributed by atoms with Crippen molar-refractivity contribution in [1.82, 2.24) is 0 Å². The van der Waals surface area contributed by atoms with Gasteiger partial charge in [0.1, 0.15) is 6.10 Å². The van der Waals surface area contributed by atoms with E-state index < -0.39 is 0 Å². The highest BCUT2D eigenvalue weighted by Gasteiger charge is 2.26. The Balaban J connectivity index is 2.37. The van der Waals surface area contributed by atoms with E-state index in [1.54, 1.807) is 0 Å². The average Bonchev–Trinajstić information content (AvgIpc) is 2.02. The molecule has 0 aromatic rings. The molecule has 0 radical (unpaired) electrons. The Hall–Kier alpha value is -0.570. The predicted octanol–water partition coefficient (Wildman–Crippen LogP) is 1.31. The van der Waals surface area contributed by atoms with Gasteiger partial charge in [-0.1, -0.05) is 13.8 Å². The summed E-state index contributed by atoms with van der Waals surface area (Å²) in [5.74, 6) is 1.06. The number of hydrogen-bond acceptors (Lipinski definition) is 3. The molecule has 0 heterocycles. The minimum Gasteiger partial charge on any atom is -0.461 e. The molecule has 1 aliphatic rings. The van der Waals surface area contributed by atoms with Gasteiger partial charge in [-0.25, -0.2) is 0 Å². The summed E-state index contributed by atoms with van der Waals surface area (Å²) in [4.78, 5) is 10.9. The second-order valence-corrected chi connectivity index (χ2v) is 4.23. The molecule has 1 saturated carbocycles. The fraction of sp³-hybridized carbons (Fsp3) is 0.900. The highest BCUT2D eigenvalue weighted by atomic mass is 16.5. The van der Waals surface area contributed by atoms with Crippen molar-refractivity contribution in [2.24, 2.45) is 17.6 Å². The first kappa shape index (κ1) is 10.5. The van der Waals surface area contributed by atoms with E-state index in [1.165, 1.54) is 6.42 Å². The van der Waals surface area contributed by atoms with Crippen LogP contribution in [0.4, 0.5) is 0 Å². The molecule has 0 aromatic heterocycles. The maximum atomic E-state index is 10.9. The van der Waals surface area contributed by atoms with E-state index in [1.807, 2.05) is 0 Å². The van der Waals surface area contributed by atoms with E-state index in [0.717, 1.165) is 12.8 Å². The number of nitrogens with two attached hydrogens (primary N) is 1. The molecule has 2 N–H and O–H groups in total.